The highest BCUT2D eigenvalue weighted by atomic mass is 16.7. The van der Waals surface area contributed by atoms with Crippen molar-refractivity contribution in [1.29, 1.82) is 0 Å². The minimum Gasteiger partial charge on any atom is -0.388 e. The maximum absolute atomic E-state index is 14.3. The molecule has 0 amide bonds. The molecule has 3 aromatic heterocycles. The van der Waals surface area contributed by atoms with Gasteiger partial charge in [0.25, 0.3) is 5.56 Å². The second kappa shape index (κ2) is 11.6. The number of benzene rings is 2. The van der Waals surface area contributed by atoms with E-state index in [0.717, 1.165) is 34.4 Å². The van der Waals surface area contributed by atoms with Crippen molar-refractivity contribution in [2.24, 2.45) is 0 Å². The van der Waals surface area contributed by atoms with Gasteiger partial charge in [-0.15, -0.1) is 0 Å². The Hall–Kier alpha value is -4.39. The van der Waals surface area contributed by atoms with Gasteiger partial charge in [-0.2, -0.15) is 10.1 Å². The standard InChI is InChI=1S/C32H34N6O6/c1-2-5-27-26(16-20-8-10-21(11-9-20)24-6-3-4-7-25(24)28-35-31(41)44-36-28)29(40)37(30-33-19-34-38(27)30)22-12-14-32(15-13-22)42-17-23(39)18-43-32/h3-4,6-11,19,22-23,39H,2,5,12-18H2,1H3,(H,35,36,41). The lowest BCUT2D eigenvalue weighted by Crippen LogP contribution is -2.49. The van der Waals surface area contributed by atoms with Crippen molar-refractivity contribution < 1.29 is 19.1 Å². The van der Waals surface area contributed by atoms with E-state index >= 15 is 0 Å². The highest BCUT2D eigenvalue weighted by Gasteiger charge is 2.42. The quantitative estimate of drug-likeness (QED) is 0.286. The summed E-state index contributed by atoms with van der Waals surface area (Å²) in [6.45, 7) is 2.62. The van der Waals surface area contributed by atoms with Crippen LogP contribution >= 0.6 is 0 Å². The van der Waals surface area contributed by atoms with Crippen molar-refractivity contribution in [3.05, 3.63) is 92.6 Å². The van der Waals surface area contributed by atoms with Crippen molar-refractivity contribution >= 4 is 5.78 Å². The van der Waals surface area contributed by atoms with Crippen LogP contribution in [0.25, 0.3) is 28.3 Å². The van der Waals surface area contributed by atoms with Crippen LogP contribution in [0.3, 0.4) is 0 Å². The van der Waals surface area contributed by atoms with Gasteiger partial charge < -0.3 is 14.6 Å². The Bertz CT molecular complexity index is 1890. The van der Waals surface area contributed by atoms with Crippen LogP contribution in [0.5, 0.6) is 0 Å². The third-order valence-corrected chi connectivity index (χ3v) is 8.74. The Morgan fingerprint density at radius 2 is 1.75 bits per heavy atom. The van der Waals surface area contributed by atoms with Crippen LogP contribution in [-0.2, 0) is 22.3 Å². The highest BCUT2D eigenvalue weighted by molar-refractivity contribution is 5.80. The molecule has 1 saturated carbocycles. The third-order valence-electron chi connectivity index (χ3n) is 8.74. The van der Waals surface area contributed by atoms with Crippen LogP contribution in [0.4, 0.5) is 0 Å². The van der Waals surface area contributed by atoms with Gasteiger partial charge in [0, 0.05) is 36.4 Å². The molecular formula is C32H34N6O6. The van der Waals surface area contributed by atoms with E-state index < -0.39 is 17.6 Å². The second-order valence-corrected chi connectivity index (χ2v) is 11.6. The maximum Gasteiger partial charge on any atom is 0.439 e. The molecule has 1 aliphatic carbocycles. The number of aryl methyl sites for hydroxylation is 1. The predicted molar refractivity (Wildman–Crippen MR) is 160 cm³/mol. The number of hydrogen-bond donors (Lipinski definition) is 2. The second-order valence-electron chi connectivity index (χ2n) is 11.6. The van der Waals surface area contributed by atoms with Crippen LogP contribution in [0.15, 0.2) is 69.0 Å². The molecule has 7 rings (SSSR count). The molecule has 5 aromatic rings. The lowest BCUT2D eigenvalue weighted by Gasteiger charge is -2.43. The van der Waals surface area contributed by atoms with Gasteiger partial charge in [0.05, 0.1) is 18.9 Å². The zero-order chi connectivity index (χ0) is 30.3. The lowest BCUT2D eigenvalue weighted by atomic mass is 9.89. The van der Waals surface area contributed by atoms with Crippen LogP contribution < -0.4 is 11.3 Å². The number of aromatic nitrogens is 6. The summed E-state index contributed by atoms with van der Waals surface area (Å²) in [6.07, 6.45) is 5.56. The Labute approximate surface area is 252 Å². The van der Waals surface area contributed by atoms with E-state index in [9.17, 15) is 14.7 Å². The Morgan fingerprint density at radius 3 is 2.43 bits per heavy atom. The van der Waals surface area contributed by atoms with Crippen molar-refractivity contribution in [2.75, 3.05) is 13.2 Å². The molecule has 12 nitrogen and oxygen atoms in total. The first-order valence-electron chi connectivity index (χ1n) is 15.1. The first-order chi connectivity index (χ1) is 21.4. The average molecular weight is 599 g/mol. The predicted octanol–water partition coefficient (Wildman–Crippen LogP) is 3.66. The van der Waals surface area contributed by atoms with E-state index in [1.165, 1.54) is 6.33 Å². The van der Waals surface area contributed by atoms with Crippen LogP contribution in [-0.4, -0.2) is 59.5 Å². The summed E-state index contributed by atoms with van der Waals surface area (Å²) in [5.74, 6) is -0.376. The van der Waals surface area contributed by atoms with Crippen LogP contribution in [0.1, 0.15) is 61.9 Å². The largest absolute Gasteiger partial charge is 0.439 e. The van der Waals surface area contributed by atoms with Gasteiger partial charge in [-0.1, -0.05) is 67.0 Å². The third kappa shape index (κ3) is 5.18. The minimum atomic E-state index is -0.697. The summed E-state index contributed by atoms with van der Waals surface area (Å²) >= 11 is 0. The van der Waals surface area contributed by atoms with E-state index in [4.69, 9.17) is 14.0 Å². The molecular weight excluding hydrogens is 564 g/mol. The number of aliphatic hydroxyl groups is 1. The van der Waals surface area contributed by atoms with Gasteiger partial charge in [-0.3, -0.25) is 18.9 Å². The monoisotopic (exact) mass is 598 g/mol. The van der Waals surface area contributed by atoms with E-state index in [1.807, 2.05) is 57.6 Å². The molecule has 1 spiro atoms. The fourth-order valence-corrected chi connectivity index (χ4v) is 6.55. The van der Waals surface area contributed by atoms with E-state index in [2.05, 4.69) is 27.1 Å². The number of rotatable bonds is 7. The molecule has 1 aliphatic heterocycles. The van der Waals surface area contributed by atoms with Gasteiger partial charge in [-0.05, 0) is 36.0 Å². The maximum atomic E-state index is 14.3. The smallest absolute Gasteiger partial charge is 0.388 e. The summed E-state index contributed by atoms with van der Waals surface area (Å²) < 4.78 is 20.2. The molecule has 2 aliphatic rings. The number of nitrogens with one attached hydrogen (secondary N) is 1. The van der Waals surface area contributed by atoms with Crippen molar-refractivity contribution in [3.63, 3.8) is 0 Å². The van der Waals surface area contributed by atoms with Crippen molar-refractivity contribution in [3.8, 4) is 22.5 Å². The number of aromatic amines is 1. The summed E-state index contributed by atoms with van der Waals surface area (Å²) in [7, 11) is 0. The molecule has 0 unspecified atom stereocenters. The van der Waals surface area contributed by atoms with Crippen molar-refractivity contribution in [2.45, 2.75) is 69.8 Å². The fourth-order valence-electron chi connectivity index (χ4n) is 6.55. The van der Waals surface area contributed by atoms with Gasteiger partial charge in [0.15, 0.2) is 11.6 Å². The first-order valence-corrected chi connectivity index (χ1v) is 15.1. The Balaban J connectivity index is 1.21. The lowest BCUT2D eigenvalue weighted by molar-refractivity contribution is -0.305. The molecule has 4 heterocycles. The summed E-state index contributed by atoms with van der Waals surface area (Å²) in [5.41, 5.74) is 5.15. The summed E-state index contributed by atoms with van der Waals surface area (Å²) in [6, 6.07) is 15.7. The number of ether oxygens (including phenoxy) is 2. The zero-order valence-corrected chi connectivity index (χ0v) is 24.4. The number of fused-ring (bicyclic) bond motifs is 1. The number of nitrogens with zero attached hydrogens (tertiary/aromatic N) is 5. The SMILES string of the molecule is CCCc1c(Cc2ccc(-c3ccccc3-c3noc(=O)[nH]3)cc2)c(=O)n(C2CCC3(CC2)OCC(O)CO3)c2ncnn12. The molecule has 228 valence electrons. The van der Waals surface area contributed by atoms with Crippen LogP contribution in [0.2, 0.25) is 0 Å². The molecule has 0 bridgehead atoms. The number of aliphatic hydroxyl groups excluding tert-OH is 1. The highest BCUT2D eigenvalue weighted by Crippen LogP contribution is 2.40. The van der Waals surface area contributed by atoms with Gasteiger partial charge >= 0.3 is 5.76 Å². The Morgan fingerprint density at radius 1 is 1.02 bits per heavy atom. The molecule has 12 heteroatoms. The minimum absolute atomic E-state index is 0.0415. The summed E-state index contributed by atoms with van der Waals surface area (Å²) in [5, 5.41) is 18.2. The van der Waals surface area contributed by atoms with Gasteiger partial charge in [0.1, 0.15) is 12.4 Å². The normalized spacial score (nSPS) is 22.1. The van der Waals surface area contributed by atoms with E-state index in [1.54, 1.807) is 0 Å². The van der Waals surface area contributed by atoms with E-state index in [-0.39, 0.29) is 24.8 Å². The molecule has 0 atom stereocenters. The molecule has 0 radical (unpaired) electrons. The number of hydrogen-bond acceptors (Lipinski definition) is 9. The molecule has 2 N–H and O–H groups in total. The fraction of sp³-hybridized carbons (Fsp3) is 0.406. The zero-order valence-electron chi connectivity index (χ0n) is 24.4. The number of H-pyrrole nitrogens is 1. The molecule has 44 heavy (non-hydrogen) atoms. The average Bonchev–Trinajstić information content (AvgIpc) is 3.71. The summed E-state index contributed by atoms with van der Waals surface area (Å²) in [4.78, 5) is 33.0. The topological polar surface area (TPSA) is 150 Å². The van der Waals surface area contributed by atoms with Gasteiger partial charge in [-0.25, -0.2) is 9.31 Å². The molecule has 2 fully saturated rings. The molecule has 2 aromatic carbocycles. The van der Waals surface area contributed by atoms with E-state index in [0.29, 0.717) is 55.7 Å². The Kier molecular flexibility index (Phi) is 7.48. The first kappa shape index (κ1) is 28.4. The van der Waals surface area contributed by atoms with Gasteiger partial charge in [0.2, 0.25) is 5.78 Å². The molecule has 1 saturated heterocycles. The van der Waals surface area contributed by atoms with Crippen molar-refractivity contribution in [1.82, 2.24) is 29.3 Å². The van der Waals surface area contributed by atoms with Crippen LogP contribution in [0, 0.1) is 0 Å².